The average molecular weight is 273 g/mol. The number of carboxylic acid groups (broad SMARTS) is 1. The van der Waals surface area contributed by atoms with E-state index in [0.29, 0.717) is 25.3 Å². The first-order valence-electron chi connectivity index (χ1n) is 6.42. The van der Waals surface area contributed by atoms with Gasteiger partial charge < -0.3 is 19.2 Å². The summed E-state index contributed by atoms with van der Waals surface area (Å²) in [4.78, 5) is 12.3. The van der Waals surface area contributed by atoms with E-state index in [-0.39, 0.29) is 0 Å². The maximum Gasteiger partial charge on any atom is 0.407 e. The van der Waals surface area contributed by atoms with Gasteiger partial charge in [-0.15, -0.1) is 0 Å². The SMILES string of the molecule is COc1cccc2c(C3=CCN(C(=O)O)CC3)coc12. The van der Waals surface area contributed by atoms with Crippen LogP contribution in [0.25, 0.3) is 16.5 Å². The molecular weight excluding hydrogens is 258 g/mol. The Labute approximate surface area is 116 Å². The molecule has 0 saturated heterocycles. The minimum Gasteiger partial charge on any atom is -0.493 e. The summed E-state index contributed by atoms with van der Waals surface area (Å²) in [5.41, 5.74) is 2.87. The lowest BCUT2D eigenvalue weighted by Gasteiger charge is -2.23. The zero-order valence-electron chi connectivity index (χ0n) is 11.1. The molecule has 0 radical (unpaired) electrons. The van der Waals surface area contributed by atoms with Crippen LogP contribution in [-0.4, -0.2) is 36.3 Å². The van der Waals surface area contributed by atoms with E-state index in [1.165, 1.54) is 4.90 Å². The molecular formula is C15H15NO4. The van der Waals surface area contributed by atoms with Gasteiger partial charge in [0, 0.05) is 24.0 Å². The Morgan fingerprint density at radius 3 is 2.95 bits per heavy atom. The molecule has 20 heavy (non-hydrogen) atoms. The van der Waals surface area contributed by atoms with Gasteiger partial charge in [0.15, 0.2) is 11.3 Å². The number of furan rings is 1. The lowest BCUT2D eigenvalue weighted by molar-refractivity contribution is 0.150. The Bertz CT molecular complexity index is 686. The molecule has 1 amide bonds. The monoisotopic (exact) mass is 273 g/mol. The molecule has 1 aliphatic rings. The molecule has 5 heteroatoms. The summed E-state index contributed by atoms with van der Waals surface area (Å²) >= 11 is 0. The van der Waals surface area contributed by atoms with Crippen molar-refractivity contribution in [2.75, 3.05) is 20.2 Å². The van der Waals surface area contributed by atoms with Gasteiger partial charge in [-0.2, -0.15) is 0 Å². The van der Waals surface area contributed by atoms with Crippen molar-refractivity contribution in [3.05, 3.63) is 36.1 Å². The first kappa shape index (κ1) is 12.6. The maximum atomic E-state index is 10.9. The van der Waals surface area contributed by atoms with Crippen LogP contribution < -0.4 is 4.74 Å². The van der Waals surface area contributed by atoms with Crippen molar-refractivity contribution < 1.29 is 19.1 Å². The Morgan fingerprint density at radius 2 is 2.30 bits per heavy atom. The molecule has 0 saturated carbocycles. The Morgan fingerprint density at radius 1 is 1.45 bits per heavy atom. The van der Waals surface area contributed by atoms with E-state index in [1.807, 2.05) is 24.3 Å². The van der Waals surface area contributed by atoms with Gasteiger partial charge in [-0.25, -0.2) is 4.79 Å². The summed E-state index contributed by atoms with van der Waals surface area (Å²) in [7, 11) is 1.61. The molecule has 1 aromatic heterocycles. The van der Waals surface area contributed by atoms with Crippen molar-refractivity contribution in [2.24, 2.45) is 0 Å². The molecule has 1 aliphatic heterocycles. The van der Waals surface area contributed by atoms with Crippen LogP contribution in [0.15, 0.2) is 35.0 Å². The molecule has 0 unspecified atom stereocenters. The summed E-state index contributed by atoms with van der Waals surface area (Å²) in [6, 6.07) is 5.77. The van der Waals surface area contributed by atoms with Gasteiger partial charge in [-0.3, -0.25) is 0 Å². The van der Waals surface area contributed by atoms with Crippen LogP contribution in [0.1, 0.15) is 12.0 Å². The lowest BCUT2D eigenvalue weighted by atomic mass is 9.99. The fourth-order valence-electron chi connectivity index (χ4n) is 2.53. The van der Waals surface area contributed by atoms with Gasteiger partial charge in [0.1, 0.15) is 0 Å². The van der Waals surface area contributed by atoms with Crippen molar-refractivity contribution in [2.45, 2.75) is 6.42 Å². The van der Waals surface area contributed by atoms with Crippen molar-refractivity contribution in [3.8, 4) is 5.75 Å². The lowest BCUT2D eigenvalue weighted by Crippen LogP contribution is -2.33. The van der Waals surface area contributed by atoms with Crippen LogP contribution in [0, 0.1) is 0 Å². The van der Waals surface area contributed by atoms with Gasteiger partial charge in [0.2, 0.25) is 0 Å². The smallest absolute Gasteiger partial charge is 0.407 e. The molecule has 0 spiro atoms. The molecule has 3 rings (SSSR count). The number of benzene rings is 1. The van der Waals surface area contributed by atoms with Crippen LogP contribution in [0.5, 0.6) is 5.75 Å². The van der Waals surface area contributed by atoms with E-state index >= 15 is 0 Å². The second-order valence-corrected chi connectivity index (χ2v) is 4.69. The molecule has 0 bridgehead atoms. The number of nitrogens with zero attached hydrogens (tertiary/aromatic N) is 1. The predicted molar refractivity (Wildman–Crippen MR) is 75.0 cm³/mol. The van der Waals surface area contributed by atoms with Gasteiger partial charge >= 0.3 is 6.09 Å². The molecule has 1 N–H and O–H groups in total. The summed E-state index contributed by atoms with van der Waals surface area (Å²) in [5.74, 6) is 0.706. The number of hydrogen-bond acceptors (Lipinski definition) is 3. The molecule has 1 aromatic carbocycles. The van der Waals surface area contributed by atoms with Crippen molar-refractivity contribution in [3.63, 3.8) is 0 Å². The summed E-state index contributed by atoms with van der Waals surface area (Å²) in [6.45, 7) is 0.930. The first-order chi connectivity index (χ1) is 9.70. The van der Waals surface area contributed by atoms with Gasteiger partial charge in [0.25, 0.3) is 0 Å². The van der Waals surface area contributed by atoms with E-state index in [4.69, 9.17) is 14.3 Å². The third-order valence-corrected chi connectivity index (χ3v) is 3.61. The zero-order valence-corrected chi connectivity index (χ0v) is 11.1. The number of hydrogen-bond donors (Lipinski definition) is 1. The van der Waals surface area contributed by atoms with Crippen LogP contribution in [0.4, 0.5) is 4.79 Å². The van der Waals surface area contributed by atoms with Gasteiger partial charge in [-0.1, -0.05) is 18.2 Å². The molecule has 2 heterocycles. The summed E-state index contributed by atoms with van der Waals surface area (Å²) in [6.07, 6.45) is 3.48. The number of fused-ring (bicyclic) bond motifs is 1. The Kier molecular flexibility index (Phi) is 3.10. The molecule has 0 fully saturated rings. The van der Waals surface area contributed by atoms with E-state index < -0.39 is 6.09 Å². The largest absolute Gasteiger partial charge is 0.493 e. The van der Waals surface area contributed by atoms with E-state index in [9.17, 15) is 4.79 Å². The molecule has 0 aliphatic carbocycles. The number of rotatable bonds is 2. The molecule has 5 nitrogen and oxygen atoms in total. The van der Waals surface area contributed by atoms with Crippen LogP contribution >= 0.6 is 0 Å². The topological polar surface area (TPSA) is 62.9 Å². The summed E-state index contributed by atoms with van der Waals surface area (Å²) < 4.78 is 10.9. The van der Waals surface area contributed by atoms with Crippen molar-refractivity contribution >= 4 is 22.6 Å². The third-order valence-electron chi connectivity index (χ3n) is 3.61. The van der Waals surface area contributed by atoms with Gasteiger partial charge in [-0.05, 0) is 18.1 Å². The van der Waals surface area contributed by atoms with Crippen LogP contribution in [0.3, 0.4) is 0 Å². The highest BCUT2D eigenvalue weighted by atomic mass is 16.5. The minimum atomic E-state index is -0.876. The van der Waals surface area contributed by atoms with E-state index in [0.717, 1.165) is 22.1 Å². The fourth-order valence-corrected chi connectivity index (χ4v) is 2.53. The van der Waals surface area contributed by atoms with E-state index in [2.05, 4.69) is 0 Å². The van der Waals surface area contributed by atoms with Crippen molar-refractivity contribution in [1.82, 2.24) is 4.90 Å². The number of ether oxygens (including phenoxy) is 1. The zero-order chi connectivity index (χ0) is 14.1. The Balaban J connectivity index is 1.98. The second-order valence-electron chi connectivity index (χ2n) is 4.69. The number of carbonyl (C=O) groups is 1. The number of methoxy groups -OCH3 is 1. The average Bonchev–Trinajstić information content (AvgIpc) is 2.91. The Hall–Kier alpha value is -2.43. The molecule has 0 atom stereocenters. The van der Waals surface area contributed by atoms with Crippen molar-refractivity contribution in [1.29, 1.82) is 0 Å². The highest BCUT2D eigenvalue weighted by molar-refractivity contribution is 5.94. The highest BCUT2D eigenvalue weighted by Gasteiger charge is 2.19. The number of amides is 1. The summed E-state index contributed by atoms with van der Waals surface area (Å²) in [5, 5.41) is 9.96. The standard InChI is InChI=1S/C15H15NO4/c1-19-13-4-2-3-11-12(9-20-14(11)13)10-5-7-16(8-6-10)15(17)18/h2-5,9H,6-8H2,1H3,(H,17,18). The molecule has 104 valence electrons. The van der Waals surface area contributed by atoms with Gasteiger partial charge in [0.05, 0.1) is 13.4 Å². The predicted octanol–water partition coefficient (Wildman–Crippen LogP) is 3.21. The maximum absolute atomic E-state index is 10.9. The fraction of sp³-hybridized carbons (Fsp3) is 0.267. The minimum absolute atomic E-state index is 0.418. The van der Waals surface area contributed by atoms with E-state index in [1.54, 1.807) is 13.4 Å². The highest BCUT2D eigenvalue weighted by Crippen LogP contribution is 2.35. The second kappa shape index (κ2) is 4.92. The molecule has 2 aromatic rings. The van der Waals surface area contributed by atoms with Crippen LogP contribution in [0.2, 0.25) is 0 Å². The third kappa shape index (κ3) is 2.01. The first-order valence-corrected chi connectivity index (χ1v) is 6.42. The number of para-hydroxylation sites is 1. The normalized spacial score (nSPS) is 15.2. The quantitative estimate of drug-likeness (QED) is 0.912. The van der Waals surface area contributed by atoms with Crippen LogP contribution in [-0.2, 0) is 0 Å².